The molecule has 230 valence electrons. The number of hydrogen-bond donors (Lipinski definition) is 0. The highest BCUT2D eigenvalue weighted by atomic mass is 32.1. The fourth-order valence-corrected chi connectivity index (χ4v) is 8.45. The standard InChI is InChI=1S/C45H28N2OS/c1-3-11-31(12-4-1)45-46-39-28-24-30-23-27-35-37(42(30)43(39)48-45)17-10-19-40(35)47(32-13-5-2-6-14-32)33-25-21-29(22-26-33)34-16-9-18-38-36-15-7-8-20-41(36)49-44(34)38/h1-28H. The van der Waals surface area contributed by atoms with Crippen LogP contribution in [0.15, 0.2) is 174 Å². The van der Waals surface area contributed by atoms with Crippen LogP contribution in [0.3, 0.4) is 0 Å². The highest BCUT2D eigenvalue weighted by Crippen LogP contribution is 2.44. The SMILES string of the molecule is c1ccc(-c2nc3ccc4ccc5c(N(c6ccccc6)c6ccc(-c7cccc8c7sc7ccccc78)cc6)cccc5c4c3o2)cc1. The van der Waals surface area contributed by atoms with E-state index >= 15 is 0 Å². The average Bonchev–Trinajstić information content (AvgIpc) is 3.78. The molecular formula is C45H28N2OS. The highest BCUT2D eigenvalue weighted by Gasteiger charge is 2.19. The number of hydrogen-bond acceptors (Lipinski definition) is 4. The van der Waals surface area contributed by atoms with Crippen molar-refractivity contribution < 1.29 is 4.42 Å². The summed E-state index contributed by atoms with van der Waals surface area (Å²) in [6.07, 6.45) is 0. The van der Waals surface area contributed by atoms with E-state index in [-0.39, 0.29) is 0 Å². The fourth-order valence-electron chi connectivity index (χ4n) is 7.21. The molecule has 0 N–H and O–H groups in total. The minimum Gasteiger partial charge on any atom is -0.435 e. The first-order chi connectivity index (χ1) is 24.3. The maximum atomic E-state index is 6.53. The molecule has 3 nitrogen and oxygen atoms in total. The van der Waals surface area contributed by atoms with Crippen LogP contribution in [0.25, 0.3) is 75.4 Å². The topological polar surface area (TPSA) is 29.3 Å². The van der Waals surface area contributed by atoms with E-state index in [2.05, 4.69) is 144 Å². The molecule has 10 aromatic rings. The molecule has 0 amide bonds. The van der Waals surface area contributed by atoms with Crippen LogP contribution < -0.4 is 4.90 Å². The van der Waals surface area contributed by atoms with Crippen molar-refractivity contribution in [2.75, 3.05) is 4.90 Å². The lowest BCUT2D eigenvalue weighted by molar-refractivity contribution is 0.623. The van der Waals surface area contributed by atoms with Crippen molar-refractivity contribution in [2.24, 2.45) is 0 Å². The predicted octanol–water partition coefficient (Wildman–Crippen LogP) is 13.3. The molecule has 0 saturated heterocycles. The van der Waals surface area contributed by atoms with Crippen LogP contribution in [0.2, 0.25) is 0 Å². The second-order valence-corrected chi connectivity index (χ2v) is 13.4. The van der Waals surface area contributed by atoms with Crippen LogP contribution in [-0.4, -0.2) is 4.98 Å². The molecule has 0 aliphatic carbocycles. The van der Waals surface area contributed by atoms with E-state index in [0.717, 1.165) is 55.3 Å². The summed E-state index contributed by atoms with van der Waals surface area (Å²) in [5.74, 6) is 0.633. The summed E-state index contributed by atoms with van der Waals surface area (Å²) in [6.45, 7) is 0. The van der Waals surface area contributed by atoms with Crippen molar-refractivity contribution in [1.29, 1.82) is 0 Å². The summed E-state index contributed by atoms with van der Waals surface area (Å²) < 4.78 is 9.17. The van der Waals surface area contributed by atoms with Crippen molar-refractivity contribution in [2.45, 2.75) is 0 Å². The molecule has 4 heteroatoms. The maximum Gasteiger partial charge on any atom is 0.227 e. The molecule has 0 atom stereocenters. The number of aromatic nitrogens is 1. The number of nitrogens with zero attached hydrogens (tertiary/aromatic N) is 2. The van der Waals surface area contributed by atoms with Gasteiger partial charge < -0.3 is 9.32 Å². The van der Waals surface area contributed by atoms with E-state index in [1.54, 1.807) is 0 Å². The van der Waals surface area contributed by atoms with Crippen LogP contribution in [0.5, 0.6) is 0 Å². The Morgan fingerprint density at radius 3 is 2.04 bits per heavy atom. The molecule has 49 heavy (non-hydrogen) atoms. The van der Waals surface area contributed by atoms with Gasteiger partial charge in [0.1, 0.15) is 5.52 Å². The number of fused-ring (bicyclic) bond motifs is 8. The van der Waals surface area contributed by atoms with E-state index < -0.39 is 0 Å². The minimum atomic E-state index is 0.633. The average molecular weight is 645 g/mol. The zero-order chi connectivity index (χ0) is 32.3. The third-order valence-corrected chi connectivity index (χ3v) is 10.7. The number of thiophene rings is 1. The molecular weight excluding hydrogens is 617 g/mol. The third kappa shape index (κ3) is 4.53. The van der Waals surface area contributed by atoms with Gasteiger partial charge in [-0.2, -0.15) is 0 Å². The van der Waals surface area contributed by atoms with Gasteiger partial charge in [0.05, 0.1) is 5.69 Å². The number of oxazole rings is 1. The molecule has 0 bridgehead atoms. The van der Waals surface area contributed by atoms with Crippen LogP contribution in [0.1, 0.15) is 0 Å². The molecule has 2 aromatic heterocycles. The largest absolute Gasteiger partial charge is 0.435 e. The Bertz CT molecular complexity index is 2820. The Hall–Kier alpha value is -6.23. The molecule has 8 aromatic carbocycles. The summed E-state index contributed by atoms with van der Waals surface area (Å²) >= 11 is 1.87. The van der Waals surface area contributed by atoms with Crippen LogP contribution >= 0.6 is 11.3 Å². The van der Waals surface area contributed by atoms with Crippen LogP contribution in [0.4, 0.5) is 17.1 Å². The minimum absolute atomic E-state index is 0.633. The lowest BCUT2D eigenvalue weighted by Gasteiger charge is -2.27. The van der Waals surface area contributed by atoms with Crippen molar-refractivity contribution in [3.8, 4) is 22.6 Å². The van der Waals surface area contributed by atoms with Gasteiger partial charge in [-0.15, -0.1) is 11.3 Å². The number of rotatable bonds is 5. The van der Waals surface area contributed by atoms with E-state index in [1.165, 1.54) is 31.3 Å². The highest BCUT2D eigenvalue weighted by molar-refractivity contribution is 7.26. The van der Waals surface area contributed by atoms with Crippen LogP contribution in [0, 0.1) is 0 Å². The zero-order valence-corrected chi connectivity index (χ0v) is 27.2. The molecule has 0 saturated carbocycles. The van der Waals surface area contributed by atoms with Gasteiger partial charge in [-0.3, -0.25) is 0 Å². The quantitative estimate of drug-likeness (QED) is 0.175. The van der Waals surface area contributed by atoms with Gasteiger partial charge >= 0.3 is 0 Å². The molecule has 0 fully saturated rings. The van der Waals surface area contributed by atoms with Gasteiger partial charge in [-0.05, 0) is 76.5 Å². The van der Waals surface area contributed by atoms with E-state index in [4.69, 9.17) is 9.40 Å². The van der Waals surface area contributed by atoms with E-state index in [9.17, 15) is 0 Å². The van der Waals surface area contributed by atoms with Gasteiger partial charge in [0.15, 0.2) is 5.58 Å². The summed E-state index contributed by atoms with van der Waals surface area (Å²) in [7, 11) is 0. The predicted molar refractivity (Wildman–Crippen MR) is 207 cm³/mol. The Labute approximate surface area is 286 Å². The molecule has 0 aliphatic rings. The van der Waals surface area contributed by atoms with Gasteiger partial charge in [-0.1, -0.05) is 115 Å². The molecule has 0 spiro atoms. The summed E-state index contributed by atoms with van der Waals surface area (Å²) in [5, 5.41) is 7.10. The Balaban J connectivity index is 1.14. The van der Waals surface area contributed by atoms with Crippen molar-refractivity contribution in [3.63, 3.8) is 0 Å². The first-order valence-corrected chi connectivity index (χ1v) is 17.3. The lowest BCUT2D eigenvalue weighted by Crippen LogP contribution is -2.10. The normalized spacial score (nSPS) is 11.7. The number of anilines is 3. The first kappa shape index (κ1) is 27.8. The zero-order valence-electron chi connectivity index (χ0n) is 26.4. The van der Waals surface area contributed by atoms with E-state index in [1.807, 2.05) is 41.7 Å². The Morgan fingerprint density at radius 1 is 0.490 bits per heavy atom. The number of benzene rings is 8. The van der Waals surface area contributed by atoms with Gasteiger partial charge in [0.25, 0.3) is 0 Å². The van der Waals surface area contributed by atoms with Gasteiger partial charge in [0, 0.05) is 47.9 Å². The monoisotopic (exact) mass is 644 g/mol. The van der Waals surface area contributed by atoms with Crippen LogP contribution in [-0.2, 0) is 0 Å². The molecule has 10 rings (SSSR count). The summed E-state index contributed by atoms with van der Waals surface area (Å²) in [5.41, 5.74) is 8.39. The number of para-hydroxylation sites is 1. The summed E-state index contributed by atoms with van der Waals surface area (Å²) in [4.78, 5) is 7.24. The molecule has 2 heterocycles. The lowest BCUT2D eigenvalue weighted by atomic mass is 9.98. The molecule has 0 aliphatic heterocycles. The van der Waals surface area contributed by atoms with E-state index in [0.29, 0.717) is 5.89 Å². The maximum absolute atomic E-state index is 6.53. The second kappa shape index (κ2) is 11.2. The third-order valence-electron chi connectivity index (χ3n) is 9.49. The van der Waals surface area contributed by atoms with Crippen molar-refractivity contribution >= 4 is 81.2 Å². The van der Waals surface area contributed by atoms with Gasteiger partial charge in [-0.25, -0.2) is 4.98 Å². The Morgan fingerprint density at radius 2 is 1.18 bits per heavy atom. The fraction of sp³-hybridized carbons (Fsp3) is 0. The molecule has 0 radical (unpaired) electrons. The van der Waals surface area contributed by atoms with Crippen molar-refractivity contribution in [3.05, 3.63) is 170 Å². The molecule has 0 unspecified atom stereocenters. The van der Waals surface area contributed by atoms with Crippen molar-refractivity contribution in [1.82, 2.24) is 4.98 Å². The Kier molecular flexibility index (Phi) is 6.36. The first-order valence-electron chi connectivity index (χ1n) is 16.5. The summed E-state index contributed by atoms with van der Waals surface area (Å²) in [6, 6.07) is 60.3. The second-order valence-electron chi connectivity index (χ2n) is 12.3. The smallest absolute Gasteiger partial charge is 0.227 e. The van der Waals surface area contributed by atoms with Gasteiger partial charge in [0.2, 0.25) is 5.89 Å².